The lowest BCUT2D eigenvalue weighted by atomic mass is 10.1. The lowest BCUT2D eigenvalue weighted by Gasteiger charge is -2.27. The highest BCUT2D eigenvalue weighted by molar-refractivity contribution is 5.69. The number of carbonyl (C=O) groups is 1. The highest BCUT2D eigenvalue weighted by Gasteiger charge is 2.44. The van der Waals surface area contributed by atoms with Crippen LogP contribution in [0.2, 0.25) is 0 Å². The lowest BCUT2D eigenvalue weighted by Crippen LogP contribution is -2.39. The number of ether oxygens (including phenoxy) is 1. The van der Waals surface area contributed by atoms with Crippen molar-refractivity contribution >= 4 is 17.7 Å². The van der Waals surface area contributed by atoms with E-state index in [-0.39, 0.29) is 6.09 Å². The summed E-state index contributed by atoms with van der Waals surface area (Å²) in [4.78, 5) is 21.1. The number of nitrogens with zero attached hydrogens (tertiary/aromatic N) is 3. The molecule has 3 heterocycles. The Balaban J connectivity index is 1.70. The van der Waals surface area contributed by atoms with Gasteiger partial charge < -0.3 is 19.9 Å². The highest BCUT2D eigenvalue weighted by atomic mass is 16.6. The van der Waals surface area contributed by atoms with Crippen molar-refractivity contribution in [2.75, 3.05) is 36.9 Å². The van der Waals surface area contributed by atoms with Crippen LogP contribution in [0.5, 0.6) is 0 Å². The number of aromatic nitrogens is 1. The Morgan fingerprint density at radius 3 is 2.83 bits per heavy atom. The van der Waals surface area contributed by atoms with Crippen LogP contribution in [-0.2, 0) is 4.74 Å². The van der Waals surface area contributed by atoms with E-state index in [0.29, 0.717) is 18.5 Å². The first-order valence-corrected chi connectivity index (χ1v) is 8.27. The zero-order valence-electron chi connectivity index (χ0n) is 14.4. The summed E-state index contributed by atoms with van der Waals surface area (Å²) in [5.74, 6) is 2.35. The molecule has 2 aliphatic heterocycles. The molecule has 0 radical (unpaired) electrons. The molecule has 6 nitrogen and oxygen atoms in total. The summed E-state index contributed by atoms with van der Waals surface area (Å²) in [6.07, 6.45) is 0.888. The average Bonchev–Trinajstić information content (AvgIpc) is 3.05. The Bertz CT molecular complexity index is 584. The van der Waals surface area contributed by atoms with Crippen molar-refractivity contribution in [1.29, 1.82) is 0 Å². The number of anilines is 2. The van der Waals surface area contributed by atoms with Crippen LogP contribution < -0.4 is 10.2 Å². The summed E-state index contributed by atoms with van der Waals surface area (Å²) in [5, 5.41) is 3.08. The molecular weight excluding hydrogens is 292 g/mol. The van der Waals surface area contributed by atoms with E-state index in [1.807, 2.05) is 50.9 Å². The number of hydrogen-bond donors (Lipinski definition) is 1. The van der Waals surface area contributed by atoms with Gasteiger partial charge in [-0.2, -0.15) is 0 Å². The summed E-state index contributed by atoms with van der Waals surface area (Å²) in [6, 6.07) is 6.35. The Morgan fingerprint density at radius 2 is 2.13 bits per heavy atom. The first-order chi connectivity index (χ1) is 10.9. The lowest BCUT2D eigenvalue weighted by molar-refractivity contribution is 0.0284. The van der Waals surface area contributed by atoms with Gasteiger partial charge in [0.25, 0.3) is 0 Å². The maximum absolute atomic E-state index is 12.3. The molecule has 0 aliphatic carbocycles. The van der Waals surface area contributed by atoms with E-state index >= 15 is 0 Å². The molecule has 2 unspecified atom stereocenters. The van der Waals surface area contributed by atoms with Crippen LogP contribution in [0.25, 0.3) is 0 Å². The number of carbonyl (C=O) groups excluding carboxylic acids is 1. The monoisotopic (exact) mass is 318 g/mol. The van der Waals surface area contributed by atoms with Gasteiger partial charge in [0.05, 0.1) is 6.04 Å². The summed E-state index contributed by atoms with van der Waals surface area (Å²) < 4.78 is 5.51. The van der Waals surface area contributed by atoms with Gasteiger partial charge in [0.15, 0.2) is 0 Å². The van der Waals surface area contributed by atoms with E-state index < -0.39 is 5.60 Å². The zero-order chi connectivity index (χ0) is 16.6. The quantitative estimate of drug-likeness (QED) is 0.908. The second-order valence-corrected chi connectivity index (χ2v) is 7.33. The third kappa shape index (κ3) is 3.35. The number of nitrogens with one attached hydrogen (secondary N) is 1. The molecule has 1 aromatic heterocycles. The molecule has 126 valence electrons. The van der Waals surface area contributed by atoms with E-state index in [4.69, 9.17) is 4.74 Å². The highest BCUT2D eigenvalue weighted by Crippen LogP contribution is 2.35. The van der Waals surface area contributed by atoms with Crippen LogP contribution in [0.4, 0.5) is 16.4 Å². The molecule has 6 heteroatoms. The number of amides is 1. The van der Waals surface area contributed by atoms with Gasteiger partial charge in [-0.25, -0.2) is 9.78 Å². The Kier molecular flexibility index (Phi) is 4.08. The topological polar surface area (TPSA) is 57.7 Å². The van der Waals surface area contributed by atoms with Crippen molar-refractivity contribution in [2.24, 2.45) is 5.92 Å². The number of pyridine rings is 1. The number of likely N-dealkylation sites (tertiary alicyclic amines) is 1. The van der Waals surface area contributed by atoms with Gasteiger partial charge in [0.1, 0.15) is 17.2 Å². The maximum Gasteiger partial charge on any atom is 0.410 e. The fourth-order valence-corrected chi connectivity index (χ4v) is 3.44. The van der Waals surface area contributed by atoms with Gasteiger partial charge in [-0.3, -0.25) is 0 Å². The summed E-state index contributed by atoms with van der Waals surface area (Å²) >= 11 is 0. The summed E-state index contributed by atoms with van der Waals surface area (Å²) in [5.41, 5.74) is -0.447. The van der Waals surface area contributed by atoms with Crippen LogP contribution in [0.3, 0.4) is 0 Å². The van der Waals surface area contributed by atoms with Crippen LogP contribution in [0, 0.1) is 5.92 Å². The third-order valence-corrected chi connectivity index (χ3v) is 4.48. The van der Waals surface area contributed by atoms with E-state index in [0.717, 1.165) is 31.1 Å². The molecule has 0 saturated carbocycles. The second-order valence-electron chi connectivity index (χ2n) is 7.33. The van der Waals surface area contributed by atoms with Crippen molar-refractivity contribution in [3.8, 4) is 0 Å². The van der Waals surface area contributed by atoms with Crippen LogP contribution in [0.15, 0.2) is 18.2 Å². The predicted octanol–water partition coefficient (Wildman–Crippen LogP) is 2.57. The minimum atomic E-state index is -0.447. The Labute approximate surface area is 137 Å². The van der Waals surface area contributed by atoms with Gasteiger partial charge in [-0.15, -0.1) is 0 Å². The van der Waals surface area contributed by atoms with Crippen molar-refractivity contribution in [3.05, 3.63) is 18.2 Å². The van der Waals surface area contributed by atoms with Crippen molar-refractivity contribution in [1.82, 2.24) is 9.88 Å². The molecule has 1 amide bonds. The fourth-order valence-electron chi connectivity index (χ4n) is 3.44. The molecule has 3 rings (SSSR count). The Morgan fingerprint density at radius 1 is 1.35 bits per heavy atom. The fraction of sp³-hybridized carbons (Fsp3) is 0.647. The average molecular weight is 318 g/mol. The van der Waals surface area contributed by atoms with E-state index in [1.54, 1.807) is 0 Å². The molecule has 1 aromatic rings. The SMILES string of the molecule is CNc1cccc(N2CCC3CN(C(=O)OC(C)(C)C)CC32)n1. The van der Waals surface area contributed by atoms with Crippen molar-refractivity contribution in [3.63, 3.8) is 0 Å². The van der Waals surface area contributed by atoms with Gasteiger partial charge in [-0.05, 0) is 39.3 Å². The number of rotatable bonds is 2. The van der Waals surface area contributed by atoms with Gasteiger partial charge >= 0.3 is 6.09 Å². The summed E-state index contributed by atoms with van der Waals surface area (Å²) in [7, 11) is 1.87. The molecule has 1 N–H and O–H groups in total. The minimum absolute atomic E-state index is 0.205. The molecular formula is C17H26N4O2. The van der Waals surface area contributed by atoms with Gasteiger partial charge in [0.2, 0.25) is 0 Å². The smallest absolute Gasteiger partial charge is 0.410 e. The van der Waals surface area contributed by atoms with Gasteiger partial charge in [0, 0.05) is 32.6 Å². The normalized spacial score (nSPS) is 23.8. The van der Waals surface area contributed by atoms with Gasteiger partial charge in [-0.1, -0.05) is 6.07 Å². The molecule has 0 bridgehead atoms. The molecule has 0 spiro atoms. The van der Waals surface area contributed by atoms with Crippen LogP contribution in [-0.4, -0.2) is 54.3 Å². The molecule has 2 fully saturated rings. The van der Waals surface area contributed by atoms with Crippen LogP contribution >= 0.6 is 0 Å². The van der Waals surface area contributed by atoms with E-state index in [1.165, 1.54) is 0 Å². The second kappa shape index (κ2) is 5.91. The van der Waals surface area contributed by atoms with E-state index in [9.17, 15) is 4.79 Å². The maximum atomic E-state index is 12.3. The Hall–Kier alpha value is -1.98. The number of hydrogen-bond acceptors (Lipinski definition) is 5. The van der Waals surface area contributed by atoms with Crippen molar-refractivity contribution < 1.29 is 9.53 Å². The van der Waals surface area contributed by atoms with Crippen LogP contribution in [0.1, 0.15) is 27.2 Å². The minimum Gasteiger partial charge on any atom is -0.444 e. The molecule has 23 heavy (non-hydrogen) atoms. The molecule has 2 saturated heterocycles. The zero-order valence-corrected chi connectivity index (χ0v) is 14.4. The molecule has 2 atom stereocenters. The van der Waals surface area contributed by atoms with E-state index in [2.05, 4.69) is 15.2 Å². The van der Waals surface area contributed by atoms with Crippen molar-refractivity contribution in [2.45, 2.75) is 38.8 Å². The summed E-state index contributed by atoms with van der Waals surface area (Å²) in [6.45, 7) is 8.20. The standard InChI is InChI=1S/C17H26N4O2/c1-17(2,3)23-16(22)20-10-12-8-9-21(13(12)11-20)15-7-5-6-14(18-4)19-15/h5-7,12-13H,8-11H2,1-4H3,(H,18,19). The largest absolute Gasteiger partial charge is 0.444 e. The molecule has 0 aromatic carbocycles. The number of fused-ring (bicyclic) bond motifs is 1. The third-order valence-electron chi connectivity index (χ3n) is 4.48. The predicted molar refractivity (Wildman–Crippen MR) is 90.8 cm³/mol. The molecule has 2 aliphatic rings. The first-order valence-electron chi connectivity index (χ1n) is 8.27. The first kappa shape index (κ1) is 15.9.